The summed E-state index contributed by atoms with van der Waals surface area (Å²) in [5.74, 6) is 0.672. The van der Waals surface area contributed by atoms with E-state index in [1.165, 1.54) is 11.3 Å². The molecule has 0 unspecified atom stereocenters. The second-order valence-electron chi connectivity index (χ2n) is 5.54. The quantitative estimate of drug-likeness (QED) is 0.602. The summed E-state index contributed by atoms with van der Waals surface area (Å²) in [7, 11) is 0. The van der Waals surface area contributed by atoms with Crippen molar-refractivity contribution in [1.29, 1.82) is 0 Å². The maximum absolute atomic E-state index is 12.6. The van der Waals surface area contributed by atoms with Crippen LogP contribution in [0.5, 0.6) is 0 Å². The second kappa shape index (κ2) is 7.88. The van der Waals surface area contributed by atoms with Gasteiger partial charge in [0.1, 0.15) is 0 Å². The van der Waals surface area contributed by atoms with Gasteiger partial charge in [-0.1, -0.05) is 27.3 Å². The zero-order valence-corrected chi connectivity index (χ0v) is 17.5. The number of hydrogen-bond donors (Lipinski definition) is 0. The zero-order chi connectivity index (χ0) is 18.0. The molecule has 3 rings (SSSR count). The van der Waals surface area contributed by atoms with Gasteiger partial charge in [-0.2, -0.15) is 21.9 Å². The Kier molecular flexibility index (Phi) is 5.81. The number of aryl methyl sites for hydroxylation is 3. The molecule has 2 aromatic heterocycles. The lowest BCUT2D eigenvalue weighted by molar-refractivity contribution is 0.0992. The van der Waals surface area contributed by atoms with E-state index in [9.17, 15) is 4.79 Å². The molecule has 0 aliphatic rings. The summed E-state index contributed by atoms with van der Waals surface area (Å²) in [6.07, 6.45) is 2.08. The lowest BCUT2D eigenvalue weighted by Gasteiger charge is -2.03. The Morgan fingerprint density at radius 3 is 2.88 bits per heavy atom. The number of hydrogen-bond acceptors (Lipinski definition) is 4. The largest absolute Gasteiger partial charge is 0.316 e. The van der Waals surface area contributed by atoms with Crippen molar-refractivity contribution in [2.75, 3.05) is 12.0 Å². The van der Waals surface area contributed by atoms with Gasteiger partial charge in [-0.25, -0.2) is 0 Å². The maximum Gasteiger partial charge on any atom is 0.300 e. The highest BCUT2D eigenvalue weighted by Gasteiger charge is 2.13. The molecule has 0 spiro atoms. The number of rotatable bonds is 5. The molecule has 1 aromatic carbocycles. The molecule has 0 saturated heterocycles. The summed E-state index contributed by atoms with van der Waals surface area (Å²) >= 11 is 6.81. The molecule has 1 amide bonds. The molecule has 0 saturated carbocycles. The van der Waals surface area contributed by atoms with Crippen LogP contribution >= 0.6 is 39.0 Å². The Morgan fingerprint density at radius 2 is 2.20 bits per heavy atom. The topological polar surface area (TPSA) is 52.2 Å². The van der Waals surface area contributed by atoms with Crippen molar-refractivity contribution in [3.63, 3.8) is 0 Å². The molecule has 2 heterocycles. The molecule has 0 bridgehead atoms. The van der Waals surface area contributed by atoms with Gasteiger partial charge < -0.3 is 4.57 Å². The molecule has 0 N–H and O–H groups in total. The van der Waals surface area contributed by atoms with E-state index in [1.54, 1.807) is 17.8 Å². The molecule has 8 heteroatoms. The van der Waals surface area contributed by atoms with Crippen LogP contribution in [0, 0.1) is 6.92 Å². The van der Waals surface area contributed by atoms with Crippen LogP contribution < -0.4 is 4.80 Å². The van der Waals surface area contributed by atoms with Crippen LogP contribution in [0.25, 0.3) is 10.2 Å². The smallest absolute Gasteiger partial charge is 0.300 e. The molecule has 0 atom stereocenters. The van der Waals surface area contributed by atoms with Crippen LogP contribution in [0.2, 0.25) is 0 Å². The number of benzene rings is 1. The number of amides is 1. The summed E-state index contributed by atoms with van der Waals surface area (Å²) in [6, 6.07) is 7.94. The number of halogens is 1. The minimum Gasteiger partial charge on any atom is -0.316 e. The predicted molar refractivity (Wildman–Crippen MR) is 108 cm³/mol. The van der Waals surface area contributed by atoms with Crippen molar-refractivity contribution in [2.45, 2.75) is 26.9 Å². The first kappa shape index (κ1) is 18.4. The maximum atomic E-state index is 12.6. The average Bonchev–Trinajstić information content (AvgIpc) is 3.12. The van der Waals surface area contributed by atoms with Crippen LogP contribution in [0.1, 0.15) is 23.1 Å². The highest BCUT2D eigenvalue weighted by Crippen LogP contribution is 2.22. The van der Waals surface area contributed by atoms with Gasteiger partial charge in [-0.15, -0.1) is 0 Å². The van der Waals surface area contributed by atoms with E-state index >= 15 is 0 Å². The van der Waals surface area contributed by atoms with Crippen LogP contribution in [0.15, 0.2) is 33.7 Å². The molecule has 132 valence electrons. The SMILES string of the molecule is CCn1nc(C(=O)N=c2sc3cc(Br)ccc3n2CCSC)cc1C. The summed E-state index contributed by atoms with van der Waals surface area (Å²) in [5, 5.41) is 4.34. The summed E-state index contributed by atoms with van der Waals surface area (Å²) < 4.78 is 6.06. The molecular formula is C17H19BrN4OS2. The lowest BCUT2D eigenvalue weighted by atomic mass is 10.3. The number of nitrogens with zero attached hydrogens (tertiary/aromatic N) is 4. The number of carbonyl (C=O) groups is 1. The van der Waals surface area contributed by atoms with Gasteiger partial charge >= 0.3 is 0 Å². The van der Waals surface area contributed by atoms with Gasteiger partial charge in [-0.05, 0) is 44.4 Å². The number of fused-ring (bicyclic) bond motifs is 1. The highest BCUT2D eigenvalue weighted by molar-refractivity contribution is 9.10. The molecule has 0 aliphatic heterocycles. The lowest BCUT2D eigenvalue weighted by Crippen LogP contribution is -2.18. The van der Waals surface area contributed by atoms with Crippen molar-refractivity contribution >= 4 is 55.2 Å². The minimum absolute atomic E-state index is 0.293. The van der Waals surface area contributed by atoms with Gasteiger partial charge in [0.2, 0.25) is 0 Å². The fraction of sp³-hybridized carbons (Fsp3) is 0.353. The molecule has 3 aromatic rings. The van der Waals surface area contributed by atoms with Crippen molar-refractivity contribution in [3.8, 4) is 0 Å². The summed E-state index contributed by atoms with van der Waals surface area (Å²) in [5.41, 5.74) is 2.47. The van der Waals surface area contributed by atoms with Crippen molar-refractivity contribution in [2.24, 2.45) is 4.99 Å². The van der Waals surface area contributed by atoms with Crippen molar-refractivity contribution in [1.82, 2.24) is 14.3 Å². The molecule has 5 nitrogen and oxygen atoms in total. The second-order valence-corrected chi connectivity index (χ2v) is 8.46. The third-order valence-corrected chi connectivity index (χ3v) is 5.99. The van der Waals surface area contributed by atoms with E-state index in [1.807, 2.05) is 24.6 Å². The van der Waals surface area contributed by atoms with Gasteiger partial charge in [0.05, 0.1) is 10.2 Å². The first-order chi connectivity index (χ1) is 12.0. The number of thioether (sulfide) groups is 1. The third-order valence-electron chi connectivity index (χ3n) is 3.86. The van der Waals surface area contributed by atoms with Crippen LogP contribution in [-0.2, 0) is 13.1 Å². The number of aromatic nitrogens is 3. The zero-order valence-electron chi connectivity index (χ0n) is 14.3. The van der Waals surface area contributed by atoms with Crippen LogP contribution in [-0.4, -0.2) is 32.3 Å². The van der Waals surface area contributed by atoms with Crippen LogP contribution in [0.4, 0.5) is 0 Å². The molecular weight excluding hydrogens is 420 g/mol. The Morgan fingerprint density at radius 1 is 1.40 bits per heavy atom. The molecule has 0 aliphatic carbocycles. The Labute approximate surface area is 162 Å². The fourth-order valence-corrected chi connectivity index (χ4v) is 4.58. The van der Waals surface area contributed by atoms with Crippen molar-refractivity contribution in [3.05, 3.63) is 44.9 Å². The van der Waals surface area contributed by atoms with E-state index in [0.717, 1.165) is 44.0 Å². The monoisotopic (exact) mass is 438 g/mol. The number of thiazole rings is 1. The van der Waals surface area contributed by atoms with E-state index < -0.39 is 0 Å². The summed E-state index contributed by atoms with van der Waals surface area (Å²) in [4.78, 5) is 17.7. The standard InChI is InChI=1S/C17H19BrN4OS2/c1-4-22-11(2)9-13(20-22)16(23)19-17-21(7-8-24-3)14-6-5-12(18)10-15(14)25-17/h5-6,9-10H,4,7-8H2,1-3H3. The van der Waals surface area contributed by atoms with Crippen LogP contribution in [0.3, 0.4) is 0 Å². The fourth-order valence-electron chi connectivity index (χ4n) is 2.61. The Hall–Kier alpha value is -1.38. The molecule has 25 heavy (non-hydrogen) atoms. The van der Waals surface area contributed by atoms with Gasteiger partial charge in [0.15, 0.2) is 10.5 Å². The number of carbonyl (C=O) groups excluding carboxylic acids is 1. The van der Waals surface area contributed by atoms with Gasteiger partial charge in [0, 0.05) is 29.0 Å². The normalized spacial score (nSPS) is 12.2. The Bertz CT molecular complexity index is 986. The van der Waals surface area contributed by atoms with E-state index in [4.69, 9.17) is 0 Å². The van der Waals surface area contributed by atoms with Gasteiger partial charge in [-0.3, -0.25) is 9.48 Å². The van der Waals surface area contributed by atoms with Gasteiger partial charge in [0.25, 0.3) is 5.91 Å². The third kappa shape index (κ3) is 3.91. The minimum atomic E-state index is -0.293. The van der Waals surface area contributed by atoms with E-state index in [0.29, 0.717) is 5.69 Å². The predicted octanol–water partition coefficient (Wildman–Crippen LogP) is 4.09. The van der Waals surface area contributed by atoms with E-state index in [-0.39, 0.29) is 5.91 Å². The highest BCUT2D eigenvalue weighted by atomic mass is 79.9. The van der Waals surface area contributed by atoms with Crippen molar-refractivity contribution < 1.29 is 4.79 Å². The average molecular weight is 439 g/mol. The molecule has 0 fully saturated rings. The molecule has 0 radical (unpaired) electrons. The first-order valence-electron chi connectivity index (χ1n) is 7.94. The first-order valence-corrected chi connectivity index (χ1v) is 10.9. The van der Waals surface area contributed by atoms with E-state index in [2.05, 4.69) is 49.0 Å². The summed E-state index contributed by atoms with van der Waals surface area (Å²) in [6.45, 7) is 5.51. The Balaban J connectivity index is 2.08.